The molecule has 1 atom stereocenters. The van der Waals surface area contributed by atoms with E-state index in [4.69, 9.17) is 11.6 Å². The second-order valence-corrected chi connectivity index (χ2v) is 2.24. The third-order valence-electron chi connectivity index (χ3n) is 1.23. The van der Waals surface area contributed by atoms with Gasteiger partial charge in [-0.3, -0.25) is 4.99 Å². The molecule has 0 aliphatic rings. The highest BCUT2D eigenvalue weighted by Crippen LogP contribution is 2.05. The maximum absolute atomic E-state index is 5.67. The molecule has 0 aromatic rings. The summed E-state index contributed by atoms with van der Waals surface area (Å²) in [5.41, 5.74) is 0. The number of rotatable bonds is 2. The molecule has 1 unspecified atom stereocenters. The Morgan fingerprint density at radius 2 is 2.25 bits per heavy atom. The molecule has 2 heteroatoms. The van der Waals surface area contributed by atoms with Gasteiger partial charge in [0.05, 0.1) is 0 Å². The smallest absolute Gasteiger partial charge is 0.103 e. The van der Waals surface area contributed by atoms with Crippen LogP contribution in [0.3, 0.4) is 0 Å². The van der Waals surface area contributed by atoms with Crippen LogP contribution in [0.25, 0.3) is 0 Å². The van der Waals surface area contributed by atoms with Gasteiger partial charge in [0.25, 0.3) is 0 Å². The fraction of sp³-hybridized carbons (Fsp3) is 0.833. The fourth-order valence-electron chi connectivity index (χ4n) is 0.389. The molecule has 0 spiro atoms. The number of hydrogen-bond donors (Lipinski definition) is 0. The van der Waals surface area contributed by atoms with E-state index in [0.717, 1.165) is 11.6 Å². The first-order chi connectivity index (χ1) is 3.72. The Morgan fingerprint density at radius 3 is 2.38 bits per heavy atom. The van der Waals surface area contributed by atoms with Crippen molar-refractivity contribution in [2.45, 2.75) is 20.3 Å². The van der Waals surface area contributed by atoms with Gasteiger partial charge in [0.15, 0.2) is 0 Å². The molecule has 0 aromatic carbocycles. The Bertz CT molecular complexity index is 88.5. The van der Waals surface area contributed by atoms with Gasteiger partial charge in [0, 0.05) is 13.0 Å². The molecule has 0 bridgehead atoms. The molecule has 8 heavy (non-hydrogen) atoms. The lowest BCUT2D eigenvalue weighted by Crippen LogP contribution is -2.01. The van der Waals surface area contributed by atoms with Crippen LogP contribution >= 0.6 is 11.6 Å². The SMILES string of the molecule is CCC(C)C(Cl)=NC. The molecule has 1 nitrogen and oxygen atoms in total. The van der Waals surface area contributed by atoms with Gasteiger partial charge in [-0.1, -0.05) is 25.4 Å². The monoisotopic (exact) mass is 133 g/mol. The zero-order chi connectivity index (χ0) is 6.57. The predicted octanol–water partition coefficient (Wildman–Crippen LogP) is 2.30. The summed E-state index contributed by atoms with van der Waals surface area (Å²) in [7, 11) is 1.72. The van der Waals surface area contributed by atoms with E-state index in [2.05, 4.69) is 18.8 Å². The van der Waals surface area contributed by atoms with Crippen LogP contribution in [-0.2, 0) is 0 Å². The summed E-state index contributed by atoms with van der Waals surface area (Å²) >= 11 is 5.67. The normalized spacial score (nSPS) is 16.2. The molecule has 0 aliphatic carbocycles. The van der Waals surface area contributed by atoms with Crippen LogP contribution < -0.4 is 0 Å². The Kier molecular flexibility index (Phi) is 3.88. The molecule has 0 N–H and O–H groups in total. The number of hydrogen-bond acceptors (Lipinski definition) is 1. The van der Waals surface area contributed by atoms with Crippen molar-refractivity contribution in [3.63, 3.8) is 0 Å². The molecular formula is C6H12ClN. The third kappa shape index (κ3) is 2.31. The van der Waals surface area contributed by atoms with Gasteiger partial charge in [0.2, 0.25) is 0 Å². The van der Waals surface area contributed by atoms with Crippen molar-refractivity contribution in [2.75, 3.05) is 7.05 Å². The molecule has 0 aromatic heterocycles. The van der Waals surface area contributed by atoms with Gasteiger partial charge in [-0.2, -0.15) is 0 Å². The highest BCUT2D eigenvalue weighted by molar-refractivity contribution is 6.65. The summed E-state index contributed by atoms with van der Waals surface area (Å²) in [6, 6.07) is 0. The van der Waals surface area contributed by atoms with E-state index in [9.17, 15) is 0 Å². The maximum Gasteiger partial charge on any atom is 0.103 e. The van der Waals surface area contributed by atoms with E-state index in [1.165, 1.54) is 0 Å². The van der Waals surface area contributed by atoms with Crippen molar-refractivity contribution in [3.8, 4) is 0 Å². The Balaban J connectivity index is 3.63. The van der Waals surface area contributed by atoms with Crippen LogP contribution in [0.4, 0.5) is 0 Å². The lowest BCUT2D eigenvalue weighted by Gasteiger charge is -2.02. The largest absolute Gasteiger partial charge is 0.281 e. The highest BCUT2D eigenvalue weighted by atomic mass is 35.5. The minimum atomic E-state index is 0.432. The standard InChI is InChI=1S/C6H12ClN/c1-4-5(2)6(7)8-3/h5H,4H2,1-3H3. The molecule has 0 rings (SSSR count). The van der Waals surface area contributed by atoms with Gasteiger partial charge >= 0.3 is 0 Å². The van der Waals surface area contributed by atoms with Gasteiger partial charge in [-0.05, 0) is 6.42 Å². The molecule has 0 radical (unpaired) electrons. The van der Waals surface area contributed by atoms with E-state index in [-0.39, 0.29) is 0 Å². The lowest BCUT2D eigenvalue weighted by atomic mass is 10.1. The molecule has 0 saturated carbocycles. The van der Waals surface area contributed by atoms with Crippen molar-refractivity contribution in [1.82, 2.24) is 0 Å². The Hall–Kier alpha value is -0.0400. The van der Waals surface area contributed by atoms with E-state index in [0.29, 0.717) is 5.92 Å². The van der Waals surface area contributed by atoms with Crippen LogP contribution in [-0.4, -0.2) is 12.2 Å². The first-order valence-corrected chi connectivity index (χ1v) is 3.22. The zero-order valence-electron chi connectivity index (χ0n) is 5.61. The van der Waals surface area contributed by atoms with Gasteiger partial charge in [-0.15, -0.1) is 0 Å². The average molecular weight is 134 g/mol. The van der Waals surface area contributed by atoms with Crippen LogP contribution in [0.1, 0.15) is 20.3 Å². The molecule has 0 aliphatic heterocycles. The number of aliphatic imine (C=N–C) groups is 1. The third-order valence-corrected chi connectivity index (χ3v) is 1.77. The minimum absolute atomic E-state index is 0.432. The van der Waals surface area contributed by atoms with Crippen LogP contribution in [0.5, 0.6) is 0 Å². The summed E-state index contributed by atoms with van der Waals surface area (Å²) in [5.74, 6) is 0.432. The number of halogens is 1. The number of nitrogens with zero attached hydrogens (tertiary/aromatic N) is 1. The molecule has 0 amide bonds. The lowest BCUT2D eigenvalue weighted by molar-refractivity contribution is 0.747. The second-order valence-electron chi connectivity index (χ2n) is 1.86. The quantitative estimate of drug-likeness (QED) is 0.513. The average Bonchev–Trinajstić information content (AvgIpc) is 1.84. The summed E-state index contributed by atoms with van der Waals surface area (Å²) in [4.78, 5) is 3.84. The van der Waals surface area contributed by atoms with Gasteiger partial charge in [0.1, 0.15) is 5.17 Å². The first kappa shape index (κ1) is 7.96. The first-order valence-electron chi connectivity index (χ1n) is 2.84. The predicted molar refractivity (Wildman–Crippen MR) is 38.7 cm³/mol. The zero-order valence-corrected chi connectivity index (χ0v) is 6.37. The van der Waals surface area contributed by atoms with E-state index in [1.807, 2.05) is 0 Å². The van der Waals surface area contributed by atoms with Crippen molar-refractivity contribution in [2.24, 2.45) is 10.9 Å². The molecular weight excluding hydrogens is 122 g/mol. The van der Waals surface area contributed by atoms with Crippen molar-refractivity contribution in [1.29, 1.82) is 0 Å². The summed E-state index contributed by atoms with van der Waals surface area (Å²) in [5, 5.41) is 0.729. The van der Waals surface area contributed by atoms with Crippen molar-refractivity contribution < 1.29 is 0 Å². The van der Waals surface area contributed by atoms with Crippen molar-refractivity contribution >= 4 is 16.8 Å². The Morgan fingerprint density at radius 1 is 1.75 bits per heavy atom. The van der Waals surface area contributed by atoms with Gasteiger partial charge in [-0.25, -0.2) is 0 Å². The molecule has 0 heterocycles. The maximum atomic E-state index is 5.67. The summed E-state index contributed by atoms with van der Waals surface area (Å²) in [6.45, 7) is 4.16. The summed E-state index contributed by atoms with van der Waals surface area (Å²) in [6.07, 6.45) is 1.07. The van der Waals surface area contributed by atoms with Crippen LogP contribution in [0, 0.1) is 5.92 Å². The molecule has 48 valence electrons. The van der Waals surface area contributed by atoms with Crippen LogP contribution in [0.2, 0.25) is 0 Å². The van der Waals surface area contributed by atoms with E-state index < -0.39 is 0 Å². The minimum Gasteiger partial charge on any atom is -0.281 e. The van der Waals surface area contributed by atoms with Gasteiger partial charge < -0.3 is 0 Å². The fourth-order valence-corrected chi connectivity index (χ4v) is 0.543. The summed E-state index contributed by atoms with van der Waals surface area (Å²) < 4.78 is 0. The topological polar surface area (TPSA) is 12.4 Å². The van der Waals surface area contributed by atoms with E-state index >= 15 is 0 Å². The van der Waals surface area contributed by atoms with Crippen molar-refractivity contribution in [3.05, 3.63) is 0 Å². The van der Waals surface area contributed by atoms with E-state index in [1.54, 1.807) is 7.05 Å². The highest BCUT2D eigenvalue weighted by Gasteiger charge is 2.01. The molecule has 0 fully saturated rings. The second kappa shape index (κ2) is 3.90. The molecule has 0 saturated heterocycles. The Labute approximate surface area is 55.8 Å². The van der Waals surface area contributed by atoms with Crippen LogP contribution in [0.15, 0.2) is 4.99 Å².